The lowest BCUT2D eigenvalue weighted by atomic mass is 9.92. The zero-order valence-electron chi connectivity index (χ0n) is 9.91. The van der Waals surface area contributed by atoms with Gasteiger partial charge in [0.25, 0.3) is 0 Å². The number of nitriles is 1. The maximum absolute atomic E-state index is 13.8. The Kier molecular flexibility index (Phi) is 4.13. The monoisotopic (exact) mass is 277 g/mol. The van der Waals surface area contributed by atoms with Gasteiger partial charge in [-0.15, -0.1) is 0 Å². The van der Waals surface area contributed by atoms with Gasteiger partial charge in [0.2, 0.25) is 0 Å². The van der Waals surface area contributed by atoms with Gasteiger partial charge in [0.1, 0.15) is 11.6 Å². The Hall–Kier alpha value is -1.92. The fourth-order valence-electron chi connectivity index (χ4n) is 1.94. The number of rotatable bonds is 3. The van der Waals surface area contributed by atoms with Crippen LogP contribution >= 0.6 is 11.6 Å². The quantitative estimate of drug-likeness (QED) is 0.812. The molecular weight excluding hydrogens is 268 g/mol. The predicted molar refractivity (Wildman–Crippen MR) is 69.9 cm³/mol. The maximum Gasteiger partial charge on any atom is 0.129 e. The maximum atomic E-state index is 13.8. The molecule has 0 aliphatic rings. The van der Waals surface area contributed by atoms with E-state index >= 15 is 0 Å². The van der Waals surface area contributed by atoms with E-state index in [0.29, 0.717) is 5.56 Å². The van der Waals surface area contributed by atoms with E-state index < -0.39 is 17.6 Å². The molecule has 0 spiro atoms. The van der Waals surface area contributed by atoms with Crippen LogP contribution < -0.4 is 0 Å². The first-order valence-corrected chi connectivity index (χ1v) is 6.08. The molecule has 96 valence electrons. The molecule has 2 rings (SSSR count). The van der Waals surface area contributed by atoms with E-state index in [1.165, 1.54) is 24.3 Å². The van der Waals surface area contributed by atoms with Gasteiger partial charge in [-0.25, -0.2) is 8.78 Å². The predicted octanol–water partition coefficient (Wildman–Crippen LogP) is 4.47. The molecule has 0 fully saturated rings. The van der Waals surface area contributed by atoms with Gasteiger partial charge in [-0.05, 0) is 30.2 Å². The summed E-state index contributed by atoms with van der Waals surface area (Å²) in [5.74, 6) is -1.77. The summed E-state index contributed by atoms with van der Waals surface area (Å²) in [7, 11) is 0. The minimum Gasteiger partial charge on any atom is -0.207 e. The van der Waals surface area contributed by atoms with Crippen molar-refractivity contribution in [1.29, 1.82) is 5.26 Å². The molecule has 0 bridgehead atoms. The molecule has 0 saturated carbocycles. The van der Waals surface area contributed by atoms with Crippen molar-refractivity contribution in [2.45, 2.75) is 12.3 Å². The molecule has 0 saturated heterocycles. The second-order valence-corrected chi connectivity index (χ2v) is 4.52. The lowest BCUT2D eigenvalue weighted by Gasteiger charge is -2.12. The Balaban J connectivity index is 2.37. The van der Waals surface area contributed by atoms with Crippen molar-refractivity contribution in [2.24, 2.45) is 0 Å². The van der Waals surface area contributed by atoms with Crippen LogP contribution in [0.1, 0.15) is 17.0 Å². The molecule has 0 aliphatic heterocycles. The van der Waals surface area contributed by atoms with E-state index in [4.69, 9.17) is 11.6 Å². The SMILES string of the molecule is N#CC(Cc1ccccc1F)c1c(F)cccc1Cl. The minimum absolute atomic E-state index is 0.0871. The topological polar surface area (TPSA) is 23.8 Å². The van der Waals surface area contributed by atoms with Crippen LogP contribution in [-0.2, 0) is 6.42 Å². The standard InChI is InChI=1S/C15H10ClF2N/c16-12-5-3-7-14(18)15(12)11(9-19)8-10-4-1-2-6-13(10)17/h1-7,11H,8H2. The third-order valence-electron chi connectivity index (χ3n) is 2.89. The zero-order valence-corrected chi connectivity index (χ0v) is 10.7. The van der Waals surface area contributed by atoms with Crippen LogP contribution in [0.2, 0.25) is 5.02 Å². The molecular formula is C15H10ClF2N. The van der Waals surface area contributed by atoms with Gasteiger partial charge in [-0.1, -0.05) is 35.9 Å². The first-order chi connectivity index (χ1) is 9.13. The molecule has 0 radical (unpaired) electrons. The van der Waals surface area contributed by atoms with Crippen molar-refractivity contribution >= 4 is 11.6 Å². The van der Waals surface area contributed by atoms with Crippen LogP contribution in [0.3, 0.4) is 0 Å². The summed E-state index contributed by atoms with van der Waals surface area (Å²) in [6.45, 7) is 0. The van der Waals surface area contributed by atoms with Gasteiger partial charge >= 0.3 is 0 Å². The van der Waals surface area contributed by atoms with Crippen molar-refractivity contribution in [3.63, 3.8) is 0 Å². The van der Waals surface area contributed by atoms with Crippen LogP contribution in [0.5, 0.6) is 0 Å². The molecule has 0 heterocycles. The number of hydrogen-bond donors (Lipinski definition) is 0. The Labute approximate surface area is 115 Å². The number of halogens is 3. The summed E-state index contributed by atoms with van der Waals surface area (Å²) in [6.07, 6.45) is 0.0871. The molecule has 0 N–H and O–H groups in total. The molecule has 0 aromatic heterocycles. The van der Waals surface area contributed by atoms with Crippen LogP contribution in [-0.4, -0.2) is 0 Å². The lowest BCUT2D eigenvalue weighted by molar-refractivity contribution is 0.585. The fourth-order valence-corrected chi connectivity index (χ4v) is 2.23. The van der Waals surface area contributed by atoms with Gasteiger partial charge in [0.05, 0.1) is 12.0 Å². The van der Waals surface area contributed by atoms with Gasteiger partial charge < -0.3 is 0 Å². The molecule has 2 aromatic carbocycles. The number of hydrogen-bond acceptors (Lipinski definition) is 1. The first kappa shape index (κ1) is 13.5. The van der Waals surface area contributed by atoms with E-state index in [1.807, 2.05) is 6.07 Å². The smallest absolute Gasteiger partial charge is 0.129 e. The highest BCUT2D eigenvalue weighted by Gasteiger charge is 2.20. The minimum atomic E-state index is -0.814. The number of nitrogens with zero attached hydrogens (tertiary/aromatic N) is 1. The van der Waals surface area contributed by atoms with Gasteiger partial charge in [0, 0.05) is 10.6 Å². The van der Waals surface area contributed by atoms with Crippen LogP contribution in [0.4, 0.5) is 8.78 Å². The normalized spacial score (nSPS) is 11.9. The third kappa shape index (κ3) is 2.91. The molecule has 19 heavy (non-hydrogen) atoms. The van der Waals surface area contributed by atoms with E-state index in [1.54, 1.807) is 18.2 Å². The Morgan fingerprint density at radius 1 is 1.05 bits per heavy atom. The third-order valence-corrected chi connectivity index (χ3v) is 3.22. The van der Waals surface area contributed by atoms with E-state index in [-0.39, 0.29) is 17.0 Å². The highest BCUT2D eigenvalue weighted by atomic mass is 35.5. The Morgan fingerprint density at radius 2 is 1.74 bits per heavy atom. The number of benzene rings is 2. The van der Waals surface area contributed by atoms with Crippen LogP contribution in [0.15, 0.2) is 42.5 Å². The van der Waals surface area contributed by atoms with Gasteiger partial charge in [0.15, 0.2) is 0 Å². The second-order valence-electron chi connectivity index (χ2n) is 4.11. The van der Waals surface area contributed by atoms with Crippen molar-refractivity contribution in [2.75, 3.05) is 0 Å². The molecule has 4 heteroatoms. The van der Waals surface area contributed by atoms with Crippen molar-refractivity contribution < 1.29 is 8.78 Å². The summed E-state index contributed by atoms with van der Waals surface area (Å²) in [5, 5.41) is 9.37. The Bertz CT molecular complexity index is 614. The second kappa shape index (κ2) is 5.81. The summed E-state index contributed by atoms with van der Waals surface area (Å²) < 4.78 is 27.3. The van der Waals surface area contributed by atoms with E-state index in [0.717, 1.165) is 0 Å². The van der Waals surface area contributed by atoms with Gasteiger partial charge in [-0.3, -0.25) is 0 Å². The molecule has 0 amide bonds. The summed E-state index contributed by atoms with van der Waals surface area (Å²) in [4.78, 5) is 0. The molecule has 1 atom stereocenters. The molecule has 1 nitrogen and oxygen atoms in total. The highest BCUT2D eigenvalue weighted by Crippen LogP contribution is 2.30. The van der Waals surface area contributed by atoms with Crippen molar-refractivity contribution in [3.8, 4) is 6.07 Å². The average Bonchev–Trinajstić information content (AvgIpc) is 2.39. The lowest BCUT2D eigenvalue weighted by Crippen LogP contribution is -2.05. The van der Waals surface area contributed by atoms with Gasteiger partial charge in [-0.2, -0.15) is 5.26 Å². The van der Waals surface area contributed by atoms with Crippen LogP contribution in [0.25, 0.3) is 0 Å². The molecule has 1 unspecified atom stereocenters. The zero-order chi connectivity index (χ0) is 13.8. The Morgan fingerprint density at radius 3 is 2.37 bits per heavy atom. The van der Waals surface area contributed by atoms with Crippen molar-refractivity contribution in [1.82, 2.24) is 0 Å². The van der Waals surface area contributed by atoms with E-state index in [9.17, 15) is 14.0 Å². The molecule has 0 aliphatic carbocycles. The van der Waals surface area contributed by atoms with E-state index in [2.05, 4.69) is 0 Å². The largest absolute Gasteiger partial charge is 0.207 e. The van der Waals surface area contributed by atoms with Crippen molar-refractivity contribution in [3.05, 3.63) is 70.2 Å². The summed E-state index contributed by atoms with van der Waals surface area (Å²) in [5.41, 5.74) is 0.489. The summed E-state index contributed by atoms with van der Waals surface area (Å²) >= 11 is 5.92. The first-order valence-electron chi connectivity index (χ1n) is 5.70. The molecule has 2 aromatic rings. The highest BCUT2D eigenvalue weighted by molar-refractivity contribution is 6.31. The van der Waals surface area contributed by atoms with Crippen LogP contribution in [0, 0.1) is 23.0 Å². The summed E-state index contributed by atoms with van der Waals surface area (Å²) in [6, 6.07) is 12.4. The average molecular weight is 278 g/mol. The fraction of sp³-hybridized carbons (Fsp3) is 0.133.